The Bertz CT molecular complexity index is 655. The van der Waals surface area contributed by atoms with Crippen LogP contribution in [0.25, 0.3) is 0 Å². The fourth-order valence-corrected chi connectivity index (χ4v) is 7.69. The van der Waals surface area contributed by atoms with Crippen LogP contribution in [-0.2, 0) is 24.2 Å². The summed E-state index contributed by atoms with van der Waals surface area (Å²) >= 11 is 12.8. The van der Waals surface area contributed by atoms with Crippen LogP contribution >= 0.6 is 79.7 Å². The number of halogens is 2. The standard InChI is InChI=1S/C14H12N4S5.2ClH.Ni/c19-7-12-22-13(20-8-10-15-3-1-4-16-10)14(23-12)21-9-11-17-5-2-6-18-11;;;/h1-7,12H,8-9H2;2*1H;/q;;;+2/p-2. The second kappa shape index (κ2) is 13.6. The van der Waals surface area contributed by atoms with Crippen LogP contribution < -0.4 is 0 Å². The van der Waals surface area contributed by atoms with Gasteiger partial charge < -0.3 is 0 Å². The van der Waals surface area contributed by atoms with Crippen molar-refractivity contribution < 1.29 is 12.7 Å². The van der Waals surface area contributed by atoms with E-state index in [-0.39, 0.29) is 0 Å². The van der Waals surface area contributed by atoms with Crippen LogP contribution in [-0.4, -0.2) is 29.9 Å². The van der Waals surface area contributed by atoms with Crippen molar-refractivity contribution in [2.45, 2.75) is 16.1 Å². The van der Waals surface area contributed by atoms with Crippen LogP contribution in [0.3, 0.4) is 0 Å². The number of aromatic nitrogens is 4. The van der Waals surface area contributed by atoms with Crippen LogP contribution in [0.15, 0.2) is 45.4 Å². The number of thioether (sulfide) groups is 4. The molecule has 0 bridgehead atoms. The molecular weight excluding hydrogens is 514 g/mol. The summed E-state index contributed by atoms with van der Waals surface area (Å²) in [4.78, 5) is 17.1. The number of hydrogen-bond acceptors (Lipinski definition) is 9. The molecule has 0 saturated carbocycles. The SMILES string of the molecule is S=CC1SC(SCc2ncccn2)=C(SCc2ncccn2)S1.[Cl][Ni][Cl]. The third-order valence-electron chi connectivity index (χ3n) is 2.63. The van der Waals surface area contributed by atoms with Crippen molar-refractivity contribution in [3.05, 3.63) is 57.0 Å². The van der Waals surface area contributed by atoms with E-state index in [2.05, 4.69) is 19.9 Å². The van der Waals surface area contributed by atoms with Gasteiger partial charge in [-0.05, 0) is 12.1 Å². The zero-order chi connectivity index (χ0) is 18.6. The molecule has 3 heterocycles. The van der Waals surface area contributed by atoms with E-state index in [9.17, 15) is 0 Å². The van der Waals surface area contributed by atoms with Gasteiger partial charge in [0.2, 0.25) is 0 Å². The van der Waals surface area contributed by atoms with E-state index in [4.69, 9.17) is 32.6 Å². The number of thiocarbonyl (C=S) groups is 1. The van der Waals surface area contributed by atoms with E-state index in [1.54, 1.807) is 71.8 Å². The molecule has 0 saturated heterocycles. The summed E-state index contributed by atoms with van der Waals surface area (Å²) in [6, 6.07) is 3.66. The minimum absolute atomic E-state index is 0.295. The zero-order valence-electron chi connectivity index (χ0n) is 12.9. The van der Waals surface area contributed by atoms with E-state index in [0.29, 0.717) is 17.2 Å². The van der Waals surface area contributed by atoms with Crippen LogP contribution in [0, 0.1) is 0 Å². The Morgan fingerprint density at radius 1 is 0.923 bits per heavy atom. The van der Waals surface area contributed by atoms with Gasteiger partial charge in [-0.2, -0.15) is 0 Å². The molecule has 2 aromatic rings. The molecule has 142 valence electrons. The topological polar surface area (TPSA) is 51.6 Å². The van der Waals surface area contributed by atoms with E-state index in [1.807, 2.05) is 17.5 Å². The first kappa shape index (κ1) is 22.7. The van der Waals surface area contributed by atoms with Crippen LogP contribution in [0.1, 0.15) is 11.6 Å². The summed E-state index contributed by atoms with van der Waals surface area (Å²) in [5.41, 5.74) is 0. The second-order valence-electron chi connectivity index (χ2n) is 4.27. The van der Waals surface area contributed by atoms with E-state index < -0.39 is 0 Å². The van der Waals surface area contributed by atoms with Crippen molar-refractivity contribution in [2.75, 3.05) is 0 Å². The summed E-state index contributed by atoms with van der Waals surface area (Å²) in [5.74, 6) is 3.22. The van der Waals surface area contributed by atoms with Gasteiger partial charge in [-0.1, -0.05) is 35.7 Å². The maximum atomic E-state index is 5.11. The zero-order valence-corrected chi connectivity index (χ0v) is 19.5. The van der Waals surface area contributed by atoms with Crippen molar-refractivity contribution in [1.29, 1.82) is 0 Å². The molecule has 0 aromatic carbocycles. The van der Waals surface area contributed by atoms with Crippen molar-refractivity contribution in [1.82, 2.24) is 19.9 Å². The van der Waals surface area contributed by atoms with Crippen LogP contribution in [0.5, 0.6) is 0 Å². The van der Waals surface area contributed by atoms with Crippen molar-refractivity contribution in [2.24, 2.45) is 0 Å². The molecule has 0 N–H and O–H groups in total. The third-order valence-corrected chi connectivity index (χ3v) is 8.93. The van der Waals surface area contributed by atoms with E-state index in [0.717, 1.165) is 23.2 Å². The van der Waals surface area contributed by atoms with Gasteiger partial charge in [0.1, 0.15) is 11.6 Å². The second-order valence-corrected chi connectivity index (χ2v) is 11.3. The molecule has 26 heavy (non-hydrogen) atoms. The van der Waals surface area contributed by atoms with Crippen molar-refractivity contribution in [3.8, 4) is 0 Å². The molecule has 4 nitrogen and oxygen atoms in total. The predicted octanol–water partition coefficient (Wildman–Crippen LogP) is 5.74. The molecule has 0 radical (unpaired) electrons. The molecule has 0 amide bonds. The molecule has 0 spiro atoms. The molecule has 3 rings (SSSR count). The van der Waals surface area contributed by atoms with Gasteiger partial charge in [-0.3, -0.25) is 0 Å². The van der Waals surface area contributed by atoms with Gasteiger partial charge >= 0.3 is 33.0 Å². The molecule has 12 heteroatoms. The van der Waals surface area contributed by atoms with Gasteiger partial charge in [0.15, 0.2) is 0 Å². The Labute approximate surface area is 189 Å². The van der Waals surface area contributed by atoms with Gasteiger partial charge in [0.05, 0.1) is 24.6 Å². The average Bonchev–Trinajstić information content (AvgIpc) is 3.09. The van der Waals surface area contributed by atoms with E-state index in [1.165, 1.54) is 8.47 Å². The number of nitrogens with zero attached hydrogens (tertiary/aromatic N) is 4. The molecule has 2 aromatic heterocycles. The fourth-order valence-electron chi connectivity index (χ4n) is 1.64. The fraction of sp³-hybridized carbons (Fsp3) is 0.214. The summed E-state index contributed by atoms with van der Waals surface area (Å²) in [6.45, 7) is 0. The molecule has 0 fully saturated rings. The number of rotatable bonds is 7. The van der Waals surface area contributed by atoms with Gasteiger partial charge in [-0.15, -0.1) is 23.5 Å². The monoisotopic (exact) mass is 524 g/mol. The Morgan fingerprint density at radius 2 is 1.31 bits per heavy atom. The Hall–Kier alpha value is 0.464. The number of hydrogen-bond donors (Lipinski definition) is 0. The first-order valence-corrected chi connectivity index (χ1v) is 13.8. The van der Waals surface area contributed by atoms with Crippen LogP contribution in [0.4, 0.5) is 0 Å². The molecule has 0 aliphatic carbocycles. The molecular formula is C14H12Cl2N4NiS5. The Morgan fingerprint density at radius 3 is 1.65 bits per heavy atom. The quantitative estimate of drug-likeness (QED) is 0.332. The maximum absolute atomic E-state index is 5.11. The molecule has 1 aliphatic rings. The molecule has 0 atom stereocenters. The van der Waals surface area contributed by atoms with E-state index >= 15 is 0 Å². The first-order valence-electron chi connectivity index (χ1n) is 6.89. The van der Waals surface area contributed by atoms with Crippen molar-refractivity contribution >= 4 is 85.0 Å². The molecule has 0 unspecified atom stereocenters. The Balaban J connectivity index is 0.000000758. The van der Waals surface area contributed by atoms with Crippen molar-refractivity contribution in [3.63, 3.8) is 0 Å². The minimum atomic E-state index is 0.295. The Kier molecular flexibility index (Phi) is 11.9. The predicted molar refractivity (Wildman–Crippen MR) is 118 cm³/mol. The normalized spacial score (nSPS) is 14.2. The molecule has 1 aliphatic heterocycles. The average molecular weight is 526 g/mol. The van der Waals surface area contributed by atoms with Gasteiger partial charge in [-0.25, -0.2) is 19.9 Å². The van der Waals surface area contributed by atoms with Gasteiger partial charge in [0, 0.05) is 30.2 Å². The summed E-state index contributed by atoms with van der Waals surface area (Å²) in [5, 5.41) is 1.82. The summed E-state index contributed by atoms with van der Waals surface area (Å²) in [6.07, 6.45) is 7.10. The summed E-state index contributed by atoms with van der Waals surface area (Å²) in [7, 11) is 9.40. The van der Waals surface area contributed by atoms with Crippen LogP contribution in [0.2, 0.25) is 0 Å². The first-order chi connectivity index (χ1) is 12.8. The summed E-state index contributed by atoms with van der Waals surface area (Å²) < 4.78 is 2.87. The third kappa shape index (κ3) is 8.23. The van der Waals surface area contributed by atoms with Gasteiger partial charge in [0.25, 0.3) is 0 Å².